The first kappa shape index (κ1) is 28.3. The zero-order valence-electron chi connectivity index (χ0n) is 23.2. The maximum atomic E-state index is 14.7. The minimum absolute atomic E-state index is 0.159. The molecule has 5 rings (SSSR count). The van der Waals surface area contributed by atoms with Crippen LogP contribution in [0, 0.1) is 19.8 Å². The van der Waals surface area contributed by atoms with Crippen LogP contribution in [-0.2, 0) is 22.5 Å². The fraction of sp³-hybridized carbons (Fsp3) is 0.419. The molecule has 2 aromatic heterocycles. The molecular formula is C31H33ClF2N2O4. The lowest BCUT2D eigenvalue weighted by Crippen LogP contribution is -2.28. The minimum atomic E-state index is -1.75. The number of aryl methyl sites for hydroxylation is 1. The van der Waals surface area contributed by atoms with Gasteiger partial charge in [-0.05, 0) is 82.4 Å². The zero-order chi connectivity index (χ0) is 28.9. The van der Waals surface area contributed by atoms with Gasteiger partial charge < -0.3 is 19.1 Å². The summed E-state index contributed by atoms with van der Waals surface area (Å²) in [6.45, 7) is 9.88. The second kappa shape index (κ2) is 10.6. The van der Waals surface area contributed by atoms with Crippen molar-refractivity contribution in [2.24, 2.45) is 5.92 Å². The van der Waals surface area contributed by atoms with Crippen LogP contribution in [0.3, 0.4) is 0 Å². The fourth-order valence-electron chi connectivity index (χ4n) is 5.66. The normalized spacial score (nSPS) is 19.8. The molecule has 0 spiro atoms. The van der Waals surface area contributed by atoms with Gasteiger partial charge in [-0.15, -0.1) is 0 Å². The summed E-state index contributed by atoms with van der Waals surface area (Å²) < 4.78 is 42.5. The second-order valence-corrected chi connectivity index (χ2v) is 11.8. The van der Waals surface area contributed by atoms with Crippen molar-refractivity contribution in [1.29, 1.82) is 0 Å². The molecule has 9 heteroatoms. The van der Waals surface area contributed by atoms with Gasteiger partial charge in [-0.3, -0.25) is 0 Å². The van der Waals surface area contributed by atoms with Crippen molar-refractivity contribution in [3.63, 3.8) is 0 Å². The third-order valence-corrected chi connectivity index (χ3v) is 7.74. The molecule has 212 valence electrons. The molecular weight excluding hydrogens is 538 g/mol. The highest BCUT2D eigenvalue weighted by molar-refractivity contribution is 6.32. The van der Waals surface area contributed by atoms with Crippen molar-refractivity contribution < 1.29 is 28.2 Å². The molecule has 3 aromatic rings. The summed E-state index contributed by atoms with van der Waals surface area (Å²) in [5, 5.41) is 11.5. The van der Waals surface area contributed by atoms with Gasteiger partial charge in [-0.25, -0.2) is 18.6 Å². The highest BCUT2D eigenvalue weighted by Crippen LogP contribution is 2.46. The zero-order valence-corrected chi connectivity index (χ0v) is 24.0. The smallest absolute Gasteiger partial charge is 0.337 e. The van der Waals surface area contributed by atoms with Gasteiger partial charge in [0.25, 0.3) is 0 Å². The van der Waals surface area contributed by atoms with Crippen LogP contribution in [-0.4, -0.2) is 39.0 Å². The van der Waals surface area contributed by atoms with Crippen molar-refractivity contribution in [1.82, 2.24) is 9.55 Å². The number of fused-ring (bicyclic) bond motifs is 2. The number of hydrogen-bond acceptors (Lipinski definition) is 4. The number of benzene rings is 1. The lowest BCUT2D eigenvalue weighted by atomic mass is 9.87. The molecule has 0 radical (unpaired) electrons. The van der Waals surface area contributed by atoms with Crippen LogP contribution < -0.4 is 4.74 Å². The number of ether oxygens (including phenoxy) is 2. The fourth-order valence-corrected chi connectivity index (χ4v) is 5.93. The van der Waals surface area contributed by atoms with Gasteiger partial charge in [0.05, 0.1) is 17.2 Å². The summed E-state index contributed by atoms with van der Waals surface area (Å²) in [6, 6.07) is 3.65. The van der Waals surface area contributed by atoms with Gasteiger partial charge in [-0.2, -0.15) is 0 Å². The van der Waals surface area contributed by atoms with E-state index in [2.05, 4.69) is 0 Å². The lowest BCUT2D eigenvalue weighted by molar-refractivity contribution is -0.160. The van der Waals surface area contributed by atoms with E-state index < -0.39 is 35.6 Å². The van der Waals surface area contributed by atoms with Gasteiger partial charge in [0.15, 0.2) is 12.3 Å². The monoisotopic (exact) mass is 570 g/mol. The first-order valence-electron chi connectivity index (χ1n) is 13.4. The molecule has 1 aliphatic heterocycles. The SMILES string of the molecule is Cc1nc2c(ccn2CC2C=CC=C(F)C2F)c(-c2cc(Cl)c3c(c2C)CCCO3)c1[C@H](OC(C)(C)C)C(=O)O. The van der Waals surface area contributed by atoms with Crippen LogP contribution in [0.15, 0.2) is 42.4 Å². The quantitative estimate of drug-likeness (QED) is 0.330. The molecule has 3 atom stereocenters. The van der Waals surface area contributed by atoms with Crippen molar-refractivity contribution >= 4 is 28.6 Å². The van der Waals surface area contributed by atoms with Gasteiger partial charge in [0, 0.05) is 40.9 Å². The number of aromatic nitrogens is 2. The Balaban J connectivity index is 1.77. The van der Waals surface area contributed by atoms with E-state index in [9.17, 15) is 18.7 Å². The molecule has 3 heterocycles. The van der Waals surface area contributed by atoms with E-state index in [1.54, 1.807) is 44.5 Å². The van der Waals surface area contributed by atoms with Crippen molar-refractivity contribution in [3.8, 4) is 16.9 Å². The van der Waals surface area contributed by atoms with E-state index in [0.29, 0.717) is 45.2 Å². The third kappa shape index (κ3) is 5.15. The van der Waals surface area contributed by atoms with Gasteiger partial charge in [0.1, 0.15) is 17.2 Å². The molecule has 0 saturated heterocycles. The molecule has 40 heavy (non-hydrogen) atoms. The van der Waals surface area contributed by atoms with Gasteiger partial charge in [-0.1, -0.05) is 23.8 Å². The Morgan fingerprint density at radius 1 is 1.35 bits per heavy atom. The molecule has 0 saturated carbocycles. The second-order valence-electron chi connectivity index (χ2n) is 11.4. The number of allylic oxidation sites excluding steroid dienone is 4. The molecule has 1 aromatic carbocycles. The number of aliphatic carboxylic acids is 1. The van der Waals surface area contributed by atoms with E-state index in [1.165, 1.54) is 6.08 Å². The van der Waals surface area contributed by atoms with Crippen LogP contribution in [0.25, 0.3) is 22.2 Å². The standard InChI is InChI=1S/C31H33ClF2N2O4/c1-16-19-9-7-13-39-27(19)22(32)14-21(16)25-20-11-12-36(15-18-8-6-10-23(33)26(18)34)29(20)35-17(2)24(25)28(30(37)38)40-31(3,4)5/h6,8,10-12,14,18,26,28H,7,9,13,15H2,1-5H3,(H,37,38)/t18?,26?,28-/m0/s1. The Labute approximate surface area is 237 Å². The minimum Gasteiger partial charge on any atom is -0.492 e. The van der Waals surface area contributed by atoms with E-state index in [4.69, 9.17) is 26.1 Å². The predicted molar refractivity (Wildman–Crippen MR) is 151 cm³/mol. The van der Waals surface area contributed by atoms with Crippen molar-refractivity contribution in [2.45, 2.75) is 71.9 Å². The van der Waals surface area contributed by atoms with Crippen LogP contribution in [0.5, 0.6) is 5.75 Å². The Hall–Kier alpha value is -3.23. The third-order valence-electron chi connectivity index (χ3n) is 7.46. The van der Waals surface area contributed by atoms with E-state index in [0.717, 1.165) is 35.6 Å². The first-order chi connectivity index (χ1) is 18.9. The van der Waals surface area contributed by atoms with Crippen molar-refractivity contribution in [2.75, 3.05) is 6.61 Å². The molecule has 0 amide bonds. The van der Waals surface area contributed by atoms with Crippen molar-refractivity contribution in [3.05, 3.63) is 69.8 Å². The van der Waals surface area contributed by atoms with Crippen LogP contribution >= 0.6 is 11.6 Å². The highest BCUT2D eigenvalue weighted by Gasteiger charge is 2.34. The maximum absolute atomic E-state index is 14.7. The number of carboxylic acids is 1. The van der Waals surface area contributed by atoms with E-state index in [-0.39, 0.29) is 6.54 Å². The number of hydrogen-bond donors (Lipinski definition) is 1. The molecule has 2 unspecified atom stereocenters. The highest BCUT2D eigenvalue weighted by atomic mass is 35.5. The Morgan fingerprint density at radius 2 is 2.10 bits per heavy atom. The summed E-state index contributed by atoms with van der Waals surface area (Å²) in [6.07, 6.45) is 4.64. The predicted octanol–water partition coefficient (Wildman–Crippen LogP) is 7.62. The number of pyridine rings is 1. The average molecular weight is 571 g/mol. The van der Waals surface area contributed by atoms with Gasteiger partial charge >= 0.3 is 5.97 Å². The summed E-state index contributed by atoms with van der Waals surface area (Å²) in [5.74, 6) is -2.00. The first-order valence-corrected chi connectivity index (χ1v) is 13.8. The lowest BCUT2D eigenvalue weighted by Gasteiger charge is -2.29. The van der Waals surface area contributed by atoms with E-state index >= 15 is 0 Å². The van der Waals surface area contributed by atoms with Crippen LogP contribution in [0.2, 0.25) is 5.02 Å². The summed E-state index contributed by atoms with van der Waals surface area (Å²) in [7, 11) is 0. The number of rotatable bonds is 6. The maximum Gasteiger partial charge on any atom is 0.337 e. The van der Waals surface area contributed by atoms with Gasteiger partial charge in [0.2, 0.25) is 0 Å². The summed E-state index contributed by atoms with van der Waals surface area (Å²) in [4.78, 5) is 17.5. The molecule has 1 N–H and O–H groups in total. The molecule has 1 aliphatic carbocycles. The average Bonchev–Trinajstić information content (AvgIpc) is 3.28. The Morgan fingerprint density at radius 3 is 2.80 bits per heavy atom. The number of carbonyl (C=O) groups is 1. The Kier molecular flexibility index (Phi) is 7.52. The Bertz CT molecular complexity index is 1550. The van der Waals surface area contributed by atoms with Crippen LogP contribution in [0.1, 0.15) is 55.7 Å². The summed E-state index contributed by atoms with van der Waals surface area (Å²) in [5.41, 5.74) is 4.00. The van der Waals surface area contributed by atoms with E-state index in [1.807, 2.05) is 19.1 Å². The molecule has 2 aliphatic rings. The number of carboxylic acid groups (broad SMARTS) is 1. The number of alkyl halides is 1. The van der Waals surface area contributed by atoms with Crippen LogP contribution in [0.4, 0.5) is 8.78 Å². The largest absolute Gasteiger partial charge is 0.492 e. The topological polar surface area (TPSA) is 73.6 Å². The summed E-state index contributed by atoms with van der Waals surface area (Å²) >= 11 is 6.74. The number of halogens is 3. The molecule has 0 bridgehead atoms. The molecule has 0 fully saturated rings. The number of nitrogens with zero attached hydrogens (tertiary/aromatic N) is 2. The molecule has 6 nitrogen and oxygen atoms in total.